The van der Waals surface area contributed by atoms with Crippen LogP contribution in [0, 0.1) is 17.2 Å². The van der Waals surface area contributed by atoms with E-state index in [1.165, 1.54) is 0 Å². The molecule has 0 saturated heterocycles. The molecular formula is C16H23NO4S. The summed E-state index contributed by atoms with van der Waals surface area (Å²) in [5.41, 5.74) is 1.10. The summed E-state index contributed by atoms with van der Waals surface area (Å²) in [6, 6.07) is 11.9. The van der Waals surface area contributed by atoms with E-state index >= 15 is 0 Å². The first kappa shape index (κ1) is 18.6. The van der Waals surface area contributed by atoms with Gasteiger partial charge in [-0.1, -0.05) is 37.3 Å². The molecule has 6 heteroatoms. The molecule has 0 aliphatic carbocycles. The van der Waals surface area contributed by atoms with Crippen LogP contribution in [0.2, 0.25) is 0 Å². The van der Waals surface area contributed by atoms with Crippen molar-refractivity contribution in [1.82, 2.24) is 0 Å². The Morgan fingerprint density at radius 1 is 1.23 bits per heavy atom. The van der Waals surface area contributed by atoms with E-state index in [-0.39, 0.29) is 12.3 Å². The second-order valence-corrected chi connectivity index (χ2v) is 6.94. The first-order valence-corrected chi connectivity index (χ1v) is 9.11. The average Bonchev–Trinajstić information content (AvgIpc) is 2.47. The van der Waals surface area contributed by atoms with Crippen LogP contribution in [-0.2, 0) is 25.6 Å². The molecule has 0 fully saturated rings. The first-order chi connectivity index (χ1) is 10.4. The maximum Gasteiger partial charge on any atom is 0.264 e. The van der Waals surface area contributed by atoms with Gasteiger partial charge in [-0.15, -0.1) is 0 Å². The first-order valence-electron chi connectivity index (χ1n) is 7.29. The van der Waals surface area contributed by atoms with Crippen molar-refractivity contribution in [3.05, 3.63) is 35.9 Å². The van der Waals surface area contributed by atoms with Crippen LogP contribution in [0.4, 0.5) is 0 Å². The maximum atomic E-state index is 11.3. The van der Waals surface area contributed by atoms with Gasteiger partial charge in [0.2, 0.25) is 0 Å². The summed E-state index contributed by atoms with van der Waals surface area (Å²) in [4.78, 5) is 0. The minimum absolute atomic E-state index is 0.00107. The lowest BCUT2D eigenvalue weighted by Crippen LogP contribution is -2.26. The van der Waals surface area contributed by atoms with E-state index in [1.54, 1.807) is 0 Å². The SMILES string of the molecule is C[C@H](CCOCc1ccccc1)[C@@H](CCC#N)OS(C)(=O)=O. The fraction of sp³-hybridized carbons (Fsp3) is 0.562. The fourth-order valence-corrected chi connectivity index (χ4v) is 2.81. The van der Waals surface area contributed by atoms with E-state index in [0.29, 0.717) is 26.1 Å². The lowest BCUT2D eigenvalue weighted by Gasteiger charge is -2.22. The zero-order chi connectivity index (χ0) is 16.4. The molecule has 0 aliphatic heterocycles. The minimum Gasteiger partial charge on any atom is -0.377 e. The Balaban J connectivity index is 2.39. The molecule has 0 amide bonds. The zero-order valence-electron chi connectivity index (χ0n) is 13.1. The van der Waals surface area contributed by atoms with Gasteiger partial charge in [0, 0.05) is 13.0 Å². The highest BCUT2D eigenvalue weighted by atomic mass is 32.2. The van der Waals surface area contributed by atoms with Gasteiger partial charge >= 0.3 is 0 Å². The Kier molecular flexibility index (Phi) is 8.10. The van der Waals surface area contributed by atoms with Crippen molar-refractivity contribution in [2.45, 2.75) is 38.9 Å². The molecule has 1 aromatic rings. The Hall–Kier alpha value is -1.42. The average molecular weight is 325 g/mol. The summed E-state index contributed by atoms with van der Waals surface area (Å²) in [7, 11) is -3.52. The van der Waals surface area contributed by atoms with Gasteiger partial charge in [0.1, 0.15) is 0 Å². The number of nitrogens with zero attached hydrogens (tertiary/aromatic N) is 1. The normalized spacial score (nSPS) is 14.2. The molecule has 0 aromatic heterocycles. The summed E-state index contributed by atoms with van der Waals surface area (Å²) in [6.07, 6.45) is 1.91. The summed E-state index contributed by atoms with van der Waals surface area (Å²) in [5, 5.41) is 8.66. The molecule has 122 valence electrons. The van der Waals surface area contributed by atoms with Gasteiger partial charge in [-0.3, -0.25) is 4.18 Å². The van der Waals surface area contributed by atoms with Crippen LogP contribution in [0.3, 0.4) is 0 Å². The summed E-state index contributed by atoms with van der Waals surface area (Å²) < 4.78 is 33.3. The fourth-order valence-electron chi connectivity index (χ4n) is 2.08. The summed E-state index contributed by atoms with van der Waals surface area (Å²) in [5.74, 6) is -0.00107. The largest absolute Gasteiger partial charge is 0.377 e. The van der Waals surface area contributed by atoms with Gasteiger partial charge in [0.15, 0.2) is 0 Å². The Morgan fingerprint density at radius 2 is 1.91 bits per heavy atom. The third kappa shape index (κ3) is 8.13. The second kappa shape index (κ2) is 9.57. The third-order valence-electron chi connectivity index (χ3n) is 3.30. The number of benzene rings is 1. The topological polar surface area (TPSA) is 76.4 Å². The molecule has 22 heavy (non-hydrogen) atoms. The molecule has 0 N–H and O–H groups in total. The van der Waals surface area contributed by atoms with E-state index in [2.05, 4.69) is 0 Å². The van der Waals surface area contributed by atoms with Crippen LogP contribution in [0.25, 0.3) is 0 Å². The highest BCUT2D eigenvalue weighted by Gasteiger charge is 2.22. The Morgan fingerprint density at radius 3 is 2.50 bits per heavy atom. The molecule has 1 rings (SSSR count). The van der Waals surface area contributed by atoms with E-state index < -0.39 is 16.2 Å². The molecule has 0 spiro atoms. The predicted molar refractivity (Wildman–Crippen MR) is 84.4 cm³/mol. The van der Waals surface area contributed by atoms with Gasteiger partial charge < -0.3 is 4.74 Å². The van der Waals surface area contributed by atoms with Gasteiger partial charge in [0.05, 0.1) is 25.0 Å². The molecule has 0 radical (unpaired) electrons. The lowest BCUT2D eigenvalue weighted by molar-refractivity contribution is 0.0773. The quantitative estimate of drug-likeness (QED) is 0.488. The predicted octanol–water partition coefficient (Wildman–Crippen LogP) is 2.88. The number of ether oxygens (including phenoxy) is 1. The van der Waals surface area contributed by atoms with E-state index in [1.807, 2.05) is 43.3 Å². The van der Waals surface area contributed by atoms with Crippen LogP contribution in [-0.4, -0.2) is 27.4 Å². The van der Waals surface area contributed by atoms with Crippen molar-refractivity contribution in [1.29, 1.82) is 5.26 Å². The van der Waals surface area contributed by atoms with Gasteiger partial charge in [-0.25, -0.2) is 0 Å². The summed E-state index contributed by atoms with van der Waals surface area (Å²) in [6.45, 7) is 2.97. The van der Waals surface area contributed by atoms with Crippen molar-refractivity contribution in [2.24, 2.45) is 5.92 Å². The highest BCUT2D eigenvalue weighted by Crippen LogP contribution is 2.19. The van der Waals surface area contributed by atoms with Gasteiger partial charge in [-0.05, 0) is 24.3 Å². The highest BCUT2D eigenvalue weighted by molar-refractivity contribution is 7.86. The molecule has 0 aliphatic rings. The minimum atomic E-state index is -3.52. The van der Waals surface area contributed by atoms with Crippen LogP contribution in [0.1, 0.15) is 31.7 Å². The van der Waals surface area contributed by atoms with Crippen molar-refractivity contribution < 1.29 is 17.3 Å². The number of hydrogen-bond acceptors (Lipinski definition) is 5. The third-order valence-corrected chi connectivity index (χ3v) is 3.90. The number of hydrogen-bond donors (Lipinski definition) is 0. The molecule has 0 unspecified atom stereocenters. The molecule has 2 atom stereocenters. The van der Waals surface area contributed by atoms with Crippen molar-refractivity contribution in [3.8, 4) is 6.07 Å². The summed E-state index contributed by atoms with van der Waals surface area (Å²) >= 11 is 0. The van der Waals surface area contributed by atoms with Gasteiger partial charge in [0.25, 0.3) is 10.1 Å². The van der Waals surface area contributed by atoms with Crippen LogP contribution < -0.4 is 0 Å². The molecule has 5 nitrogen and oxygen atoms in total. The van der Waals surface area contributed by atoms with Crippen molar-refractivity contribution >= 4 is 10.1 Å². The smallest absolute Gasteiger partial charge is 0.264 e. The number of rotatable bonds is 10. The van der Waals surface area contributed by atoms with E-state index in [0.717, 1.165) is 11.8 Å². The maximum absolute atomic E-state index is 11.3. The van der Waals surface area contributed by atoms with Gasteiger partial charge in [-0.2, -0.15) is 13.7 Å². The second-order valence-electron chi connectivity index (χ2n) is 5.34. The molecular weight excluding hydrogens is 302 g/mol. The van der Waals surface area contributed by atoms with Crippen LogP contribution >= 0.6 is 0 Å². The molecule has 1 aromatic carbocycles. The monoisotopic (exact) mass is 325 g/mol. The van der Waals surface area contributed by atoms with Crippen LogP contribution in [0.15, 0.2) is 30.3 Å². The molecule has 0 saturated carbocycles. The van der Waals surface area contributed by atoms with Crippen molar-refractivity contribution in [2.75, 3.05) is 12.9 Å². The van der Waals surface area contributed by atoms with E-state index in [4.69, 9.17) is 14.2 Å². The Labute approximate surface area is 133 Å². The number of nitriles is 1. The standard InChI is InChI=1S/C16H23NO4S/c1-14(16(9-6-11-17)21-22(2,18)19)10-12-20-13-15-7-4-3-5-8-15/h3-5,7-8,14,16H,6,9-10,12-13H2,1-2H3/t14-,16-/m1/s1. The zero-order valence-corrected chi connectivity index (χ0v) is 13.9. The lowest BCUT2D eigenvalue weighted by atomic mass is 9.98. The van der Waals surface area contributed by atoms with Crippen molar-refractivity contribution in [3.63, 3.8) is 0 Å². The van der Waals surface area contributed by atoms with E-state index in [9.17, 15) is 8.42 Å². The Bertz CT molecular complexity index is 566. The molecule has 0 bridgehead atoms. The van der Waals surface area contributed by atoms with Crippen LogP contribution in [0.5, 0.6) is 0 Å². The molecule has 0 heterocycles.